The molecule has 11 heteroatoms. The van der Waals surface area contributed by atoms with E-state index in [0.29, 0.717) is 24.4 Å². The van der Waals surface area contributed by atoms with Crippen LogP contribution in [0.4, 0.5) is 5.13 Å². The predicted molar refractivity (Wildman–Crippen MR) is 130 cm³/mol. The molecule has 7 nitrogen and oxygen atoms in total. The monoisotopic (exact) mass is 503 g/mol. The van der Waals surface area contributed by atoms with Crippen LogP contribution in [-0.2, 0) is 41.7 Å². The van der Waals surface area contributed by atoms with Crippen molar-refractivity contribution in [2.45, 2.75) is 44.9 Å². The van der Waals surface area contributed by atoms with Crippen molar-refractivity contribution in [2.24, 2.45) is 0 Å². The van der Waals surface area contributed by atoms with Crippen molar-refractivity contribution in [3.8, 4) is 0 Å². The third kappa shape index (κ3) is 7.09. The van der Waals surface area contributed by atoms with Gasteiger partial charge < -0.3 is 5.32 Å². The van der Waals surface area contributed by atoms with Crippen LogP contribution in [0.2, 0.25) is 0 Å². The largest absolute Gasteiger partial charge is 0.300 e. The first-order valence-electron chi connectivity index (χ1n) is 10.1. The van der Waals surface area contributed by atoms with E-state index in [1.54, 1.807) is 22.7 Å². The second-order valence-electron chi connectivity index (χ2n) is 7.18. The summed E-state index contributed by atoms with van der Waals surface area (Å²) in [5.41, 5.74) is 2.07. The van der Waals surface area contributed by atoms with E-state index in [0.717, 1.165) is 51.8 Å². The Kier molecular flexibility index (Phi) is 8.21. The molecule has 0 unspecified atom stereocenters. The van der Waals surface area contributed by atoms with E-state index in [1.807, 2.05) is 33.7 Å². The van der Waals surface area contributed by atoms with Crippen LogP contribution in [0.3, 0.4) is 0 Å². The third-order valence-electron chi connectivity index (χ3n) is 4.53. The van der Waals surface area contributed by atoms with Crippen LogP contribution in [0, 0.1) is 0 Å². The highest BCUT2D eigenvalue weighted by atomic mass is 32.1. The molecule has 0 aromatic carbocycles. The summed E-state index contributed by atoms with van der Waals surface area (Å²) >= 11 is 6.12. The highest BCUT2D eigenvalue weighted by Crippen LogP contribution is 2.19. The number of rotatable bonds is 12. The van der Waals surface area contributed by atoms with Crippen LogP contribution in [0.15, 0.2) is 33.7 Å². The van der Waals surface area contributed by atoms with Crippen molar-refractivity contribution >= 4 is 62.2 Å². The van der Waals surface area contributed by atoms with Gasteiger partial charge in [0.15, 0.2) is 0 Å². The van der Waals surface area contributed by atoms with E-state index in [1.165, 1.54) is 22.7 Å². The molecule has 0 saturated carbocycles. The summed E-state index contributed by atoms with van der Waals surface area (Å²) in [4.78, 5) is 24.2. The van der Waals surface area contributed by atoms with Crippen molar-refractivity contribution in [2.75, 3.05) is 5.32 Å². The zero-order chi connectivity index (χ0) is 22.2. The molecule has 166 valence electrons. The van der Waals surface area contributed by atoms with Gasteiger partial charge in [-0.2, -0.15) is 22.7 Å². The standard InChI is InChI=1S/C21H21N5O2S4/c27-16(9-14-5-7-29-12-14)11-20-25-23-18(31-20)3-1-2-4-19-24-26-21(32-19)22-17(28)10-15-6-8-30-13-15/h5-8,12-13H,1-4,9-11H2,(H,22,26,28). The van der Waals surface area contributed by atoms with Gasteiger partial charge in [0.1, 0.15) is 20.8 Å². The minimum absolute atomic E-state index is 0.0769. The molecule has 1 amide bonds. The van der Waals surface area contributed by atoms with E-state index in [-0.39, 0.29) is 11.7 Å². The summed E-state index contributed by atoms with van der Waals surface area (Å²) in [5, 5.41) is 30.6. The van der Waals surface area contributed by atoms with Gasteiger partial charge >= 0.3 is 0 Å². The lowest BCUT2D eigenvalue weighted by molar-refractivity contribution is -0.118. The highest BCUT2D eigenvalue weighted by molar-refractivity contribution is 7.15. The highest BCUT2D eigenvalue weighted by Gasteiger charge is 2.12. The van der Waals surface area contributed by atoms with Gasteiger partial charge in [-0.15, -0.1) is 31.7 Å². The second kappa shape index (κ2) is 11.5. The lowest BCUT2D eigenvalue weighted by Gasteiger charge is -1.98. The molecule has 0 atom stereocenters. The van der Waals surface area contributed by atoms with Crippen LogP contribution < -0.4 is 5.32 Å². The Hall–Kier alpha value is -2.34. The van der Waals surface area contributed by atoms with Gasteiger partial charge in [-0.25, -0.2) is 0 Å². The topological polar surface area (TPSA) is 97.7 Å². The van der Waals surface area contributed by atoms with Gasteiger partial charge in [0.2, 0.25) is 11.0 Å². The lowest BCUT2D eigenvalue weighted by atomic mass is 10.1. The first-order chi connectivity index (χ1) is 15.6. The van der Waals surface area contributed by atoms with Gasteiger partial charge in [0, 0.05) is 19.3 Å². The van der Waals surface area contributed by atoms with Crippen LogP contribution in [-0.4, -0.2) is 32.1 Å². The summed E-state index contributed by atoms with van der Waals surface area (Å²) < 4.78 is 0. The Bertz CT molecular complexity index is 1040. The van der Waals surface area contributed by atoms with Crippen LogP contribution in [0.1, 0.15) is 39.0 Å². The van der Waals surface area contributed by atoms with Gasteiger partial charge in [-0.3, -0.25) is 9.59 Å². The molecule has 0 spiro atoms. The molecule has 0 bridgehead atoms. The van der Waals surface area contributed by atoms with Gasteiger partial charge in [0.05, 0.1) is 12.8 Å². The summed E-state index contributed by atoms with van der Waals surface area (Å²) in [7, 11) is 0. The molecule has 0 aliphatic rings. The number of carbonyl (C=O) groups excluding carboxylic acids is 2. The SMILES string of the molecule is O=C(Cc1ccsc1)Cc1nnc(CCCCc2nnc(NC(=O)Cc3ccsc3)s2)s1. The number of ketones is 1. The molecule has 4 aromatic heterocycles. The maximum Gasteiger partial charge on any atom is 0.230 e. The number of nitrogens with one attached hydrogen (secondary N) is 1. The van der Waals surface area contributed by atoms with Crippen molar-refractivity contribution in [1.29, 1.82) is 0 Å². The van der Waals surface area contributed by atoms with Crippen molar-refractivity contribution < 1.29 is 9.59 Å². The average molecular weight is 504 g/mol. The van der Waals surface area contributed by atoms with E-state index in [4.69, 9.17) is 0 Å². The minimum atomic E-state index is -0.0769. The molecule has 0 saturated heterocycles. The maximum atomic E-state index is 12.2. The van der Waals surface area contributed by atoms with Gasteiger partial charge in [-0.1, -0.05) is 11.3 Å². The Labute approximate surface area is 201 Å². The Morgan fingerprint density at radius 2 is 1.38 bits per heavy atom. The molecular weight excluding hydrogens is 483 g/mol. The van der Waals surface area contributed by atoms with Crippen LogP contribution in [0.25, 0.3) is 0 Å². The molecule has 0 fully saturated rings. The molecule has 4 aromatic rings. The Balaban J connectivity index is 1.14. The van der Waals surface area contributed by atoms with E-state index < -0.39 is 0 Å². The maximum absolute atomic E-state index is 12.2. The molecule has 0 radical (unpaired) electrons. The Morgan fingerprint density at radius 1 is 0.750 bits per heavy atom. The van der Waals surface area contributed by atoms with Crippen molar-refractivity contribution in [3.63, 3.8) is 0 Å². The molecule has 0 aliphatic heterocycles. The normalized spacial score (nSPS) is 11.0. The Morgan fingerprint density at radius 3 is 2.06 bits per heavy atom. The first-order valence-corrected chi connectivity index (χ1v) is 13.6. The van der Waals surface area contributed by atoms with E-state index in [2.05, 4.69) is 25.7 Å². The number of aryl methyl sites for hydroxylation is 2. The number of nitrogens with zero attached hydrogens (tertiary/aromatic N) is 4. The fourth-order valence-corrected chi connectivity index (χ4v) is 6.06. The number of aromatic nitrogens is 4. The number of carbonyl (C=O) groups is 2. The predicted octanol–water partition coefficient (Wildman–Crippen LogP) is 4.61. The zero-order valence-electron chi connectivity index (χ0n) is 17.2. The van der Waals surface area contributed by atoms with Crippen molar-refractivity contribution in [1.82, 2.24) is 20.4 Å². The molecule has 4 heterocycles. The molecule has 0 aliphatic carbocycles. The smallest absolute Gasteiger partial charge is 0.230 e. The average Bonchev–Trinajstić information content (AvgIpc) is 3.55. The molecule has 1 N–H and O–H groups in total. The fraction of sp³-hybridized carbons (Fsp3) is 0.333. The number of unbranched alkanes of at least 4 members (excludes halogenated alkanes) is 1. The summed E-state index contributed by atoms with van der Waals surface area (Å²) in [6.07, 6.45) is 4.69. The number of hydrogen-bond donors (Lipinski definition) is 1. The van der Waals surface area contributed by atoms with E-state index in [9.17, 15) is 9.59 Å². The molecular formula is C21H21N5O2S4. The number of hydrogen-bond acceptors (Lipinski definition) is 10. The molecule has 32 heavy (non-hydrogen) atoms. The first kappa shape index (κ1) is 22.8. The van der Waals surface area contributed by atoms with Crippen LogP contribution >= 0.6 is 45.3 Å². The summed E-state index contributed by atoms with van der Waals surface area (Å²) in [5.74, 6) is 0.0903. The minimum Gasteiger partial charge on any atom is -0.300 e. The van der Waals surface area contributed by atoms with Gasteiger partial charge in [-0.05, 0) is 57.6 Å². The van der Waals surface area contributed by atoms with Crippen molar-refractivity contribution in [3.05, 3.63) is 59.8 Å². The molecule has 4 rings (SSSR count). The van der Waals surface area contributed by atoms with Crippen LogP contribution in [0.5, 0.6) is 0 Å². The third-order valence-corrected chi connectivity index (χ3v) is 7.87. The number of thiophene rings is 2. The number of anilines is 1. The van der Waals surface area contributed by atoms with E-state index >= 15 is 0 Å². The summed E-state index contributed by atoms with van der Waals surface area (Å²) in [6, 6.07) is 3.92. The summed E-state index contributed by atoms with van der Waals surface area (Å²) in [6.45, 7) is 0. The quantitative estimate of drug-likeness (QED) is 0.284. The number of amides is 1. The van der Waals surface area contributed by atoms with Gasteiger partial charge in [0.25, 0.3) is 0 Å². The zero-order valence-corrected chi connectivity index (χ0v) is 20.4. The second-order valence-corrected chi connectivity index (χ2v) is 10.9. The number of Topliss-reactive ketones (excluding diaryl/α,β-unsaturated/α-hetero) is 1. The fourth-order valence-electron chi connectivity index (χ4n) is 3.01. The lowest BCUT2D eigenvalue weighted by Crippen LogP contribution is -2.13.